The van der Waals surface area contributed by atoms with Crippen molar-refractivity contribution in [3.63, 3.8) is 0 Å². The number of carbonyl (C=O) groups is 1. The molecule has 37 heavy (non-hydrogen) atoms. The first-order chi connectivity index (χ1) is 17.4. The number of hydrogen-bond donors (Lipinski definition) is 2. The van der Waals surface area contributed by atoms with E-state index in [-0.39, 0.29) is 10.6 Å². The van der Waals surface area contributed by atoms with Crippen molar-refractivity contribution in [2.75, 3.05) is 11.3 Å². The van der Waals surface area contributed by atoms with Gasteiger partial charge in [-0.2, -0.15) is 0 Å². The summed E-state index contributed by atoms with van der Waals surface area (Å²) in [6.07, 6.45) is 3.19. The molecule has 0 saturated carbocycles. The van der Waals surface area contributed by atoms with Crippen molar-refractivity contribution in [1.82, 2.24) is 4.98 Å². The first-order valence-corrected chi connectivity index (χ1v) is 13.6. The summed E-state index contributed by atoms with van der Waals surface area (Å²) >= 11 is 0. The summed E-state index contributed by atoms with van der Waals surface area (Å²) in [5.74, 6) is -0.334. The first kappa shape index (κ1) is 26.6. The summed E-state index contributed by atoms with van der Waals surface area (Å²) in [4.78, 5) is 16.5. The van der Waals surface area contributed by atoms with Gasteiger partial charge in [0.15, 0.2) is 6.10 Å². The molecule has 196 valence electrons. The molecule has 1 atom stereocenters. The van der Waals surface area contributed by atoms with E-state index in [0.29, 0.717) is 28.9 Å². The van der Waals surface area contributed by atoms with E-state index in [0.717, 1.165) is 29.7 Å². The Hall–Kier alpha value is -3.43. The van der Waals surface area contributed by atoms with Gasteiger partial charge in [-0.15, -0.1) is 0 Å². The number of pyridine rings is 1. The number of nitrogens with one attached hydrogen (secondary N) is 1. The quantitative estimate of drug-likeness (QED) is 0.423. The number of ether oxygens (including phenoxy) is 2. The van der Waals surface area contributed by atoms with E-state index < -0.39 is 27.7 Å². The van der Waals surface area contributed by atoms with Gasteiger partial charge in [-0.25, -0.2) is 13.2 Å². The highest BCUT2D eigenvalue weighted by Crippen LogP contribution is 2.42. The fraction of sp³-hybridized carbons (Fsp3) is 0.357. The molecular formula is C28H32N2O6S. The van der Waals surface area contributed by atoms with E-state index in [4.69, 9.17) is 9.47 Å². The van der Waals surface area contributed by atoms with Crippen LogP contribution in [0, 0.1) is 13.8 Å². The Labute approximate surface area is 217 Å². The van der Waals surface area contributed by atoms with Crippen molar-refractivity contribution in [2.24, 2.45) is 0 Å². The van der Waals surface area contributed by atoms with E-state index in [1.807, 2.05) is 25.1 Å². The second kappa shape index (κ2) is 10.1. The number of aliphatic carboxylic acids is 1. The number of aryl methyl sites for hydroxylation is 2. The van der Waals surface area contributed by atoms with Crippen LogP contribution in [0.2, 0.25) is 0 Å². The first-order valence-electron chi connectivity index (χ1n) is 12.1. The molecule has 1 unspecified atom stereocenters. The van der Waals surface area contributed by atoms with Crippen LogP contribution in [0.1, 0.15) is 55.5 Å². The third-order valence-corrected chi connectivity index (χ3v) is 7.53. The zero-order valence-electron chi connectivity index (χ0n) is 21.7. The topological polar surface area (TPSA) is 115 Å². The molecule has 9 heteroatoms. The molecule has 4 rings (SSSR count). The Morgan fingerprint density at radius 1 is 1.19 bits per heavy atom. The molecule has 8 nitrogen and oxygen atoms in total. The summed E-state index contributed by atoms with van der Waals surface area (Å²) in [6, 6.07) is 10.6. The highest BCUT2D eigenvalue weighted by Gasteiger charge is 2.33. The number of carboxylic acid groups (broad SMARTS) is 1. The standard InChI is InChI=1S/C28H32N2O6S/c1-17-14-22(30-37(33,34)21-9-6-12-29-16-21)18(2)25(26(27(31)32)36-28(3,4)5)24(17)20-10-11-23-19(15-20)8-7-13-35-23/h6,9-12,14-16,26,30H,7-8,13H2,1-5H3,(H,31,32). The number of benzene rings is 2. The minimum Gasteiger partial charge on any atom is -0.493 e. The van der Waals surface area contributed by atoms with Crippen molar-refractivity contribution >= 4 is 21.7 Å². The van der Waals surface area contributed by atoms with E-state index in [2.05, 4.69) is 9.71 Å². The second-order valence-corrected chi connectivity index (χ2v) is 11.9. The molecule has 1 aromatic heterocycles. The van der Waals surface area contributed by atoms with Crippen molar-refractivity contribution in [3.8, 4) is 16.9 Å². The maximum absolute atomic E-state index is 13.1. The lowest BCUT2D eigenvalue weighted by Crippen LogP contribution is -2.28. The van der Waals surface area contributed by atoms with Crippen LogP contribution >= 0.6 is 0 Å². The van der Waals surface area contributed by atoms with Gasteiger partial charge in [-0.05, 0) is 106 Å². The van der Waals surface area contributed by atoms with E-state index >= 15 is 0 Å². The molecule has 0 spiro atoms. The van der Waals surface area contributed by atoms with Crippen LogP contribution < -0.4 is 9.46 Å². The van der Waals surface area contributed by atoms with Gasteiger partial charge in [0, 0.05) is 18.0 Å². The molecule has 1 aliphatic heterocycles. The van der Waals surface area contributed by atoms with Gasteiger partial charge in [0.25, 0.3) is 10.0 Å². The van der Waals surface area contributed by atoms with Crippen molar-refractivity contribution < 1.29 is 27.8 Å². The minimum atomic E-state index is -3.96. The third kappa shape index (κ3) is 5.78. The Balaban J connectivity index is 1.93. The monoisotopic (exact) mass is 524 g/mol. The molecule has 2 N–H and O–H groups in total. The number of fused-ring (bicyclic) bond motifs is 1. The fourth-order valence-electron chi connectivity index (χ4n) is 4.57. The van der Waals surface area contributed by atoms with Crippen LogP contribution in [0.5, 0.6) is 5.75 Å². The Kier molecular flexibility index (Phi) is 7.30. The van der Waals surface area contributed by atoms with E-state index in [9.17, 15) is 18.3 Å². The molecule has 0 saturated heterocycles. The predicted octanol–water partition coefficient (Wildman–Crippen LogP) is 5.43. The molecule has 0 aliphatic carbocycles. The number of sulfonamides is 1. The van der Waals surface area contributed by atoms with Gasteiger partial charge in [-0.3, -0.25) is 9.71 Å². The highest BCUT2D eigenvalue weighted by atomic mass is 32.2. The summed E-state index contributed by atoms with van der Waals surface area (Å²) < 4.78 is 40.7. The van der Waals surface area contributed by atoms with E-state index in [1.54, 1.807) is 39.8 Å². The molecule has 0 radical (unpaired) electrons. The van der Waals surface area contributed by atoms with Crippen molar-refractivity contribution in [1.29, 1.82) is 0 Å². The molecule has 2 heterocycles. The van der Waals surface area contributed by atoms with Gasteiger partial charge < -0.3 is 14.6 Å². The maximum atomic E-state index is 13.1. The van der Waals surface area contributed by atoms with Crippen molar-refractivity contribution in [3.05, 3.63) is 71.0 Å². The average molecular weight is 525 g/mol. The average Bonchev–Trinajstić information content (AvgIpc) is 2.84. The Bertz CT molecular complexity index is 1430. The number of anilines is 1. The molecule has 3 aromatic rings. The molecule has 1 aliphatic rings. The molecule has 0 bridgehead atoms. The van der Waals surface area contributed by atoms with Crippen LogP contribution in [-0.2, 0) is 26.0 Å². The lowest BCUT2D eigenvalue weighted by molar-refractivity contribution is -0.160. The highest BCUT2D eigenvalue weighted by molar-refractivity contribution is 7.92. The van der Waals surface area contributed by atoms with Crippen molar-refractivity contribution in [2.45, 2.75) is 64.1 Å². The van der Waals surface area contributed by atoms with Gasteiger partial charge in [0.1, 0.15) is 10.6 Å². The lowest BCUT2D eigenvalue weighted by atomic mass is 9.86. The second-order valence-electron chi connectivity index (χ2n) is 10.2. The Morgan fingerprint density at radius 2 is 1.95 bits per heavy atom. The number of nitrogens with zero attached hydrogens (tertiary/aromatic N) is 1. The largest absolute Gasteiger partial charge is 0.493 e. The summed E-state index contributed by atoms with van der Waals surface area (Å²) in [7, 11) is -3.96. The molecule has 0 amide bonds. The van der Waals surface area contributed by atoms with E-state index in [1.165, 1.54) is 18.5 Å². The van der Waals surface area contributed by atoms with Gasteiger partial charge in [-0.1, -0.05) is 6.07 Å². The minimum absolute atomic E-state index is 0.00749. The zero-order chi connectivity index (χ0) is 27.0. The molecular weight excluding hydrogens is 492 g/mol. The van der Waals surface area contributed by atoms with Gasteiger partial charge >= 0.3 is 5.97 Å². The maximum Gasteiger partial charge on any atom is 0.337 e. The normalized spacial score (nSPS) is 14.4. The van der Waals surface area contributed by atoms with Crippen LogP contribution in [0.25, 0.3) is 11.1 Å². The predicted molar refractivity (Wildman–Crippen MR) is 141 cm³/mol. The van der Waals surface area contributed by atoms with Gasteiger partial charge in [0.05, 0.1) is 17.9 Å². The van der Waals surface area contributed by atoms with Gasteiger partial charge in [0.2, 0.25) is 0 Å². The summed E-state index contributed by atoms with van der Waals surface area (Å²) in [5.41, 5.74) is 3.68. The third-order valence-electron chi connectivity index (χ3n) is 6.18. The zero-order valence-corrected chi connectivity index (χ0v) is 22.5. The number of aromatic nitrogens is 1. The SMILES string of the molecule is Cc1cc(NS(=O)(=O)c2cccnc2)c(C)c(C(OC(C)(C)C)C(=O)O)c1-c1ccc2c(c1)CCCO2. The smallest absolute Gasteiger partial charge is 0.337 e. The van der Waals surface area contributed by atoms with Crippen LogP contribution in [0.3, 0.4) is 0 Å². The number of carboxylic acids is 1. The summed E-state index contributed by atoms with van der Waals surface area (Å²) in [5, 5.41) is 10.3. The van der Waals surface area contributed by atoms with Crippen LogP contribution in [-0.4, -0.2) is 36.7 Å². The fourth-order valence-corrected chi connectivity index (χ4v) is 5.65. The molecule has 2 aromatic carbocycles. The summed E-state index contributed by atoms with van der Waals surface area (Å²) in [6.45, 7) is 9.58. The van der Waals surface area contributed by atoms with Crippen LogP contribution in [0.4, 0.5) is 5.69 Å². The lowest BCUT2D eigenvalue weighted by Gasteiger charge is -2.30. The number of rotatable bonds is 7. The van der Waals surface area contributed by atoms with Crippen LogP contribution in [0.15, 0.2) is 53.7 Å². The Morgan fingerprint density at radius 3 is 2.59 bits per heavy atom. The molecule has 0 fully saturated rings. The number of hydrogen-bond acceptors (Lipinski definition) is 6.